The zero-order valence-corrected chi connectivity index (χ0v) is 13.8. The molecule has 0 bridgehead atoms. The fraction of sp³-hybridized carbons (Fsp3) is 0.0526. The Morgan fingerprint density at radius 3 is 2.52 bits per heavy atom. The first-order valence-electron chi connectivity index (χ1n) is 7.55. The molecule has 1 aromatic heterocycles. The van der Waals surface area contributed by atoms with Crippen molar-refractivity contribution in [3.8, 4) is 11.3 Å². The van der Waals surface area contributed by atoms with Gasteiger partial charge in [-0.3, -0.25) is 9.59 Å². The maximum Gasteiger partial charge on any atom is 0.261 e. The van der Waals surface area contributed by atoms with E-state index in [9.17, 15) is 14.0 Å². The Kier molecular flexibility index (Phi) is 4.95. The van der Waals surface area contributed by atoms with E-state index in [0.717, 1.165) is 5.56 Å². The van der Waals surface area contributed by atoms with E-state index >= 15 is 0 Å². The van der Waals surface area contributed by atoms with Crippen molar-refractivity contribution in [2.24, 2.45) is 0 Å². The van der Waals surface area contributed by atoms with Crippen molar-refractivity contribution in [1.29, 1.82) is 0 Å². The molecule has 6 heteroatoms. The molecule has 25 heavy (non-hydrogen) atoms. The summed E-state index contributed by atoms with van der Waals surface area (Å²) in [6.45, 7) is 0.134. The third-order valence-corrected chi connectivity index (χ3v) is 3.90. The summed E-state index contributed by atoms with van der Waals surface area (Å²) in [5.74, 6) is -0.898. The van der Waals surface area contributed by atoms with E-state index in [1.54, 1.807) is 42.5 Å². The molecule has 4 nitrogen and oxygen atoms in total. The number of benzene rings is 2. The molecule has 0 atom stereocenters. The van der Waals surface area contributed by atoms with E-state index in [-0.39, 0.29) is 17.9 Å². The smallest absolute Gasteiger partial charge is 0.261 e. The van der Waals surface area contributed by atoms with Crippen molar-refractivity contribution >= 4 is 17.5 Å². The van der Waals surface area contributed by atoms with Gasteiger partial charge in [-0.05, 0) is 47.5 Å². The van der Waals surface area contributed by atoms with Gasteiger partial charge in [-0.25, -0.2) is 4.39 Å². The Morgan fingerprint density at radius 2 is 1.84 bits per heavy atom. The average Bonchev–Trinajstić information content (AvgIpc) is 2.60. The first-order chi connectivity index (χ1) is 12.0. The molecule has 0 radical (unpaired) electrons. The monoisotopic (exact) mass is 356 g/mol. The lowest BCUT2D eigenvalue weighted by Gasteiger charge is -2.07. The van der Waals surface area contributed by atoms with Crippen LogP contribution in [0.3, 0.4) is 0 Å². The number of halogens is 2. The third kappa shape index (κ3) is 4.14. The molecule has 0 saturated carbocycles. The van der Waals surface area contributed by atoms with Crippen LogP contribution < -0.4 is 10.9 Å². The van der Waals surface area contributed by atoms with Crippen LogP contribution in [-0.2, 0) is 6.54 Å². The van der Waals surface area contributed by atoms with Crippen LogP contribution in [0.2, 0.25) is 5.02 Å². The lowest BCUT2D eigenvalue weighted by Crippen LogP contribution is -2.29. The highest BCUT2D eigenvalue weighted by Gasteiger charge is 2.11. The fourth-order valence-electron chi connectivity index (χ4n) is 2.37. The normalized spacial score (nSPS) is 10.5. The van der Waals surface area contributed by atoms with E-state index in [0.29, 0.717) is 16.3 Å². The highest BCUT2D eigenvalue weighted by molar-refractivity contribution is 6.30. The van der Waals surface area contributed by atoms with E-state index in [4.69, 9.17) is 11.6 Å². The predicted molar refractivity (Wildman–Crippen MR) is 95.1 cm³/mol. The highest BCUT2D eigenvalue weighted by Crippen LogP contribution is 2.18. The quantitative estimate of drug-likeness (QED) is 0.747. The summed E-state index contributed by atoms with van der Waals surface area (Å²) in [7, 11) is 0. The van der Waals surface area contributed by atoms with Gasteiger partial charge in [0.15, 0.2) is 0 Å². The molecule has 0 unspecified atom stereocenters. The SMILES string of the molecule is O=C(NCc1cccc(F)c1)c1ccc(-c2ccc(Cl)cc2)[nH]c1=O. The van der Waals surface area contributed by atoms with Crippen molar-refractivity contribution in [1.82, 2.24) is 10.3 Å². The van der Waals surface area contributed by atoms with Crippen LogP contribution in [-0.4, -0.2) is 10.9 Å². The minimum Gasteiger partial charge on any atom is -0.348 e. The largest absolute Gasteiger partial charge is 0.348 e. The lowest BCUT2D eigenvalue weighted by atomic mass is 10.1. The number of nitrogens with one attached hydrogen (secondary N) is 2. The van der Waals surface area contributed by atoms with Gasteiger partial charge in [0.2, 0.25) is 0 Å². The van der Waals surface area contributed by atoms with Gasteiger partial charge in [0.05, 0.1) is 0 Å². The van der Waals surface area contributed by atoms with Crippen molar-refractivity contribution < 1.29 is 9.18 Å². The van der Waals surface area contributed by atoms with Crippen LogP contribution in [0.5, 0.6) is 0 Å². The summed E-state index contributed by atoms with van der Waals surface area (Å²) in [5.41, 5.74) is 1.48. The number of hydrogen-bond donors (Lipinski definition) is 2. The second-order valence-corrected chi connectivity index (χ2v) is 5.87. The van der Waals surface area contributed by atoms with Gasteiger partial charge in [-0.2, -0.15) is 0 Å². The number of aromatic nitrogens is 1. The Morgan fingerprint density at radius 1 is 1.08 bits per heavy atom. The molecule has 0 saturated heterocycles. The molecule has 3 aromatic rings. The molecule has 1 heterocycles. The maximum absolute atomic E-state index is 13.1. The predicted octanol–water partition coefficient (Wildman–Crippen LogP) is 3.76. The van der Waals surface area contributed by atoms with Crippen LogP contribution in [0.15, 0.2) is 65.5 Å². The minimum atomic E-state index is -0.520. The molecule has 0 aliphatic heterocycles. The van der Waals surface area contributed by atoms with E-state index in [1.165, 1.54) is 18.2 Å². The number of carbonyl (C=O) groups excluding carboxylic acids is 1. The Labute approximate surface area is 148 Å². The second kappa shape index (κ2) is 7.32. The summed E-state index contributed by atoms with van der Waals surface area (Å²) in [5, 5.41) is 3.20. The Bertz CT molecular complexity index is 968. The third-order valence-electron chi connectivity index (χ3n) is 3.65. The molecule has 0 aliphatic rings. The summed E-state index contributed by atoms with van der Waals surface area (Å²) >= 11 is 5.84. The lowest BCUT2D eigenvalue weighted by molar-refractivity contribution is 0.0949. The van der Waals surface area contributed by atoms with Crippen molar-refractivity contribution in [3.63, 3.8) is 0 Å². The van der Waals surface area contributed by atoms with E-state index in [2.05, 4.69) is 10.3 Å². The summed E-state index contributed by atoms with van der Waals surface area (Å²) in [6.07, 6.45) is 0. The van der Waals surface area contributed by atoms with Gasteiger partial charge >= 0.3 is 0 Å². The number of aromatic amines is 1. The number of carbonyl (C=O) groups is 1. The van der Waals surface area contributed by atoms with Crippen molar-refractivity contribution in [3.05, 3.63) is 93.0 Å². The average molecular weight is 357 g/mol. The van der Waals surface area contributed by atoms with E-state index < -0.39 is 11.5 Å². The summed E-state index contributed by atoms with van der Waals surface area (Å²) < 4.78 is 13.1. The van der Waals surface area contributed by atoms with Gasteiger partial charge in [0, 0.05) is 17.3 Å². The molecular weight excluding hydrogens is 343 g/mol. The fourth-order valence-corrected chi connectivity index (χ4v) is 2.50. The Balaban J connectivity index is 1.75. The number of pyridine rings is 1. The molecular formula is C19H14ClFN2O2. The standard InChI is InChI=1S/C19H14ClFN2O2/c20-14-6-4-13(5-7-14)17-9-8-16(19(25)23-17)18(24)22-11-12-2-1-3-15(21)10-12/h1-10H,11H2,(H,22,24)(H,23,25). The first kappa shape index (κ1) is 16.9. The second-order valence-electron chi connectivity index (χ2n) is 5.43. The van der Waals surface area contributed by atoms with Crippen LogP contribution in [0.4, 0.5) is 4.39 Å². The molecule has 2 N–H and O–H groups in total. The van der Waals surface area contributed by atoms with Gasteiger partial charge in [-0.1, -0.05) is 35.9 Å². The molecule has 3 rings (SSSR count). The van der Waals surface area contributed by atoms with Crippen molar-refractivity contribution in [2.45, 2.75) is 6.54 Å². The highest BCUT2D eigenvalue weighted by atomic mass is 35.5. The zero-order valence-electron chi connectivity index (χ0n) is 13.1. The van der Waals surface area contributed by atoms with Crippen LogP contribution in [0.25, 0.3) is 11.3 Å². The summed E-state index contributed by atoms with van der Waals surface area (Å²) in [6, 6.07) is 16.0. The topological polar surface area (TPSA) is 62.0 Å². The summed E-state index contributed by atoms with van der Waals surface area (Å²) in [4.78, 5) is 27.0. The molecule has 126 valence electrons. The van der Waals surface area contributed by atoms with Gasteiger partial charge < -0.3 is 10.3 Å². The first-order valence-corrected chi connectivity index (χ1v) is 7.92. The number of amides is 1. The molecule has 1 amide bonds. The number of hydrogen-bond acceptors (Lipinski definition) is 2. The van der Waals surface area contributed by atoms with Crippen LogP contribution >= 0.6 is 11.6 Å². The molecule has 0 spiro atoms. The minimum absolute atomic E-state index is 0.00545. The Hall–Kier alpha value is -2.92. The molecule has 2 aromatic carbocycles. The van der Waals surface area contributed by atoms with Gasteiger partial charge in [-0.15, -0.1) is 0 Å². The maximum atomic E-state index is 13.1. The van der Waals surface area contributed by atoms with Crippen LogP contribution in [0.1, 0.15) is 15.9 Å². The molecule has 0 aliphatic carbocycles. The van der Waals surface area contributed by atoms with Gasteiger partial charge in [0.1, 0.15) is 11.4 Å². The van der Waals surface area contributed by atoms with Crippen molar-refractivity contribution in [2.75, 3.05) is 0 Å². The van der Waals surface area contributed by atoms with E-state index in [1.807, 2.05) is 0 Å². The molecule has 0 fully saturated rings. The zero-order chi connectivity index (χ0) is 17.8. The van der Waals surface area contributed by atoms with Crippen LogP contribution in [0, 0.1) is 5.82 Å². The van der Waals surface area contributed by atoms with Gasteiger partial charge in [0.25, 0.3) is 11.5 Å². The number of rotatable bonds is 4. The number of H-pyrrole nitrogens is 1.